The van der Waals surface area contributed by atoms with Crippen LogP contribution in [0.3, 0.4) is 0 Å². The van der Waals surface area contributed by atoms with E-state index >= 15 is 0 Å². The Balaban J connectivity index is 2.21. The van der Waals surface area contributed by atoms with Gasteiger partial charge in [-0.15, -0.1) is 0 Å². The molecule has 1 aromatic heterocycles. The lowest BCUT2D eigenvalue weighted by atomic mass is 10.0. The Labute approximate surface area is 122 Å². The average Bonchev–Trinajstić information content (AvgIpc) is 2.44. The summed E-state index contributed by atoms with van der Waals surface area (Å²) >= 11 is 0. The highest BCUT2D eigenvalue weighted by Gasteiger charge is 2.05. The van der Waals surface area contributed by atoms with Crippen molar-refractivity contribution in [2.45, 2.75) is 40.7 Å². The number of rotatable bonds is 5. The SMILES string of the molecule is CCCNCc1ccc(-c2ccc(C)c(C)c2)nc1C. The highest BCUT2D eigenvalue weighted by molar-refractivity contribution is 5.61. The molecule has 0 aliphatic carbocycles. The number of aromatic nitrogens is 1. The van der Waals surface area contributed by atoms with Crippen LogP contribution in [-0.2, 0) is 6.54 Å². The zero-order valence-corrected chi connectivity index (χ0v) is 13.0. The van der Waals surface area contributed by atoms with E-state index in [-0.39, 0.29) is 0 Å². The summed E-state index contributed by atoms with van der Waals surface area (Å²) < 4.78 is 0. The van der Waals surface area contributed by atoms with E-state index in [2.05, 4.69) is 63.3 Å². The lowest BCUT2D eigenvalue weighted by Crippen LogP contribution is -2.15. The van der Waals surface area contributed by atoms with Crippen LogP contribution < -0.4 is 5.32 Å². The molecule has 0 spiro atoms. The first-order valence-electron chi connectivity index (χ1n) is 7.36. The van der Waals surface area contributed by atoms with E-state index < -0.39 is 0 Å². The Morgan fingerprint density at radius 1 is 1.00 bits per heavy atom. The minimum absolute atomic E-state index is 0.903. The van der Waals surface area contributed by atoms with E-state index in [4.69, 9.17) is 4.98 Å². The van der Waals surface area contributed by atoms with Crippen molar-refractivity contribution in [3.05, 3.63) is 52.7 Å². The van der Waals surface area contributed by atoms with Crippen LogP contribution in [0.15, 0.2) is 30.3 Å². The number of hydrogen-bond acceptors (Lipinski definition) is 2. The van der Waals surface area contributed by atoms with Crippen LogP contribution in [0.4, 0.5) is 0 Å². The Hall–Kier alpha value is -1.67. The highest BCUT2D eigenvalue weighted by Crippen LogP contribution is 2.21. The number of nitrogens with zero attached hydrogens (tertiary/aromatic N) is 1. The molecule has 1 heterocycles. The van der Waals surface area contributed by atoms with Gasteiger partial charge in [0.25, 0.3) is 0 Å². The van der Waals surface area contributed by atoms with Crippen LogP contribution in [0.2, 0.25) is 0 Å². The van der Waals surface area contributed by atoms with Gasteiger partial charge in [-0.3, -0.25) is 4.98 Å². The summed E-state index contributed by atoms with van der Waals surface area (Å²) in [5, 5.41) is 3.43. The lowest BCUT2D eigenvalue weighted by molar-refractivity contribution is 0.671. The quantitative estimate of drug-likeness (QED) is 0.823. The fraction of sp³-hybridized carbons (Fsp3) is 0.389. The molecule has 0 amide bonds. The van der Waals surface area contributed by atoms with Gasteiger partial charge in [-0.1, -0.05) is 25.1 Å². The summed E-state index contributed by atoms with van der Waals surface area (Å²) in [6.07, 6.45) is 1.16. The summed E-state index contributed by atoms with van der Waals surface area (Å²) in [6.45, 7) is 10.5. The Morgan fingerprint density at radius 3 is 2.45 bits per heavy atom. The molecular formula is C18H24N2. The monoisotopic (exact) mass is 268 g/mol. The molecule has 2 rings (SSSR count). The van der Waals surface area contributed by atoms with Crippen molar-refractivity contribution in [2.75, 3.05) is 6.54 Å². The second-order valence-electron chi connectivity index (χ2n) is 5.42. The van der Waals surface area contributed by atoms with Crippen molar-refractivity contribution in [1.29, 1.82) is 0 Å². The molecule has 0 aliphatic heterocycles. The van der Waals surface area contributed by atoms with Crippen molar-refractivity contribution in [3.8, 4) is 11.3 Å². The molecule has 1 aromatic carbocycles. The van der Waals surface area contributed by atoms with Gasteiger partial charge in [0.15, 0.2) is 0 Å². The minimum Gasteiger partial charge on any atom is -0.313 e. The van der Waals surface area contributed by atoms with Crippen molar-refractivity contribution in [2.24, 2.45) is 0 Å². The van der Waals surface area contributed by atoms with Crippen LogP contribution in [0.25, 0.3) is 11.3 Å². The third-order valence-corrected chi connectivity index (χ3v) is 3.74. The summed E-state index contributed by atoms with van der Waals surface area (Å²) in [5.41, 5.74) is 7.30. The highest BCUT2D eigenvalue weighted by atomic mass is 14.9. The first-order valence-corrected chi connectivity index (χ1v) is 7.36. The molecular weight excluding hydrogens is 244 g/mol. The molecule has 0 fully saturated rings. The van der Waals surface area contributed by atoms with E-state index in [1.807, 2.05) is 0 Å². The summed E-state index contributed by atoms with van der Waals surface area (Å²) in [7, 11) is 0. The van der Waals surface area contributed by atoms with Crippen LogP contribution in [-0.4, -0.2) is 11.5 Å². The molecule has 0 bridgehead atoms. The first kappa shape index (κ1) is 14.7. The Morgan fingerprint density at radius 2 is 1.80 bits per heavy atom. The van der Waals surface area contributed by atoms with E-state index in [0.29, 0.717) is 0 Å². The smallest absolute Gasteiger partial charge is 0.0705 e. The van der Waals surface area contributed by atoms with Crippen LogP contribution in [0.5, 0.6) is 0 Å². The molecule has 0 radical (unpaired) electrons. The molecule has 2 aromatic rings. The number of pyridine rings is 1. The second-order valence-corrected chi connectivity index (χ2v) is 5.42. The first-order chi connectivity index (χ1) is 9.61. The van der Waals surface area contributed by atoms with Crippen molar-refractivity contribution in [3.63, 3.8) is 0 Å². The molecule has 106 valence electrons. The fourth-order valence-corrected chi connectivity index (χ4v) is 2.24. The van der Waals surface area contributed by atoms with Crippen LogP contribution in [0, 0.1) is 20.8 Å². The van der Waals surface area contributed by atoms with Gasteiger partial charge in [0.05, 0.1) is 5.69 Å². The Bertz CT molecular complexity index is 588. The van der Waals surface area contributed by atoms with Crippen LogP contribution in [0.1, 0.15) is 35.7 Å². The molecule has 1 N–H and O–H groups in total. The van der Waals surface area contributed by atoms with Gasteiger partial charge in [-0.2, -0.15) is 0 Å². The summed E-state index contributed by atoms with van der Waals surface area (Å²) in [5.74, 6) is 0. The van der Waals surface area contributed by atoms with Gasteiger partial charge in [0.1, 0.15) is 0 Å². The topological polar surface area (TPSA) is 24.9 Å². The zero-order chi connectivity index (χ0) is 14.5. The van der Waals surface area contributed by atoms with Gasteiger partial charge in [0.2, 0.25) is 0 Å². The van der Waals surface area contributed by atoms with Crippen molar-refractivity contribution in [1.82, 2.24) is 10.3 Å². The van der Waals surface area contributed by atoms with Crippen molar-refractivity contribution < 1.29 is 0 Å². The van der Waals surface area contributed by atoms with Crippen LogP contribution >= 0.6 is 0 Å². The molecule has 0 saturated carbocycles. The lowest BCUT2D eigenvalue weighted by Gasteiger charge is -2.10. The molecule has 0 unspecified atom stereocenters. The molecule has 0 aliphatic rings. The number of hydrogen-bond donors (Lipinski definition) is 1. The molecule has 0 atom stereocenters. The Kier molecular flexibility index (Phi) is 4.91. The third-order valence-electron chi connectivity index (χ3n) is 3.74. The predicted octanol–water partition coefficient (Wildman–Crippen LogP) is 4.17. The maximum Gasteiger partial charge on any atom is 0.0705 e. The average molecular weight is 268 g/mol. The minimum atomic E-state index is 0.903. The predicted molar refractivity (Wildman–Crippen MR) is 85.9 cm³/mol. The third kappa shape index (κ3) is 3.45. The number of benzene rings is 1. The van der Waals surface area contributed by atoms with E-state index in [1.165, 1.54) is 22.3 Å². The molecule has 0 saturated heterocycles. The maximum atomic E-state index is 4.75. The van der Waals surface area contributed by atoms with E-state index in [0.717, 1.165) is 30.9 Å². The number of nitrogens with one attached hydrogen (secondary N) is 1. The van der Waals surface area contributed by atoms with Gasteiger partial charge < -0.3 is 5.32 Å². The summed E-state index contributed by atoms with van der Waals surface area (Å²) in [4.78, 5) is 4.75. The second kappa shape index (κ2) is 6.67. The molecule has 2 heteroatoms. The zero-order valence-electron chi connectivity index (χ0n) is 13.0. The fourth-order valence-electron chi connectivity index (χ4n) is 2.24. The van der Waals surface area contributed by atoms with E-state index in [1.54, 1.807) is 0 Å². The van der Waals surface area contributed by atoms with Gasteiger partial charge >= 0.3 is 0 Å². The van der Waals surface area contributed by atoms with Gasteiger partial charge in [-0.25, -0.2) is 0 Å². The standard InChI is InChI=1S/C18H24N2/c1-5-10-19-12-17-8-9-18(20-15(17)4)16-7-6-13(2)14(3)11-16/h6-9,11,19H,5,10,12H2,1-4H3. The summed E-state index contributed by atoms with van der Waals surface area (Å²) in [6, 6.07) is 10.8. The van der Waals surface area contributed by atoms with Crippen molar-refractivity contribution >= 4 is 0 Å². The number of aryl methyl sites for hydroxylation is 3. The van der Waals surface area contributed by atoms with Gasteiger partial charge in [0, 0.05) is 17.8 Å². The molecule has 2 nitrogen and oxygen atoms in total. The van der Waals surface area contributed by atoms with E-state index in [9.17, 15) is 0 Å². The maximum absolute atomic E-state index is 4.75. The molecule has 20 heavy (non-hydrogen) atoms. The van der Waals surface area contributed by atoms with Gasteiger partial charge in [-0.05, 0) is 62.6 Å². The normalized spacial score (nSPS) is 10.8. The largest absolute Gasteiger partial charge is 0.313 e.